The van der Waals surface area contributed by atoms with Crippen LogP contribution in [0.1, 0.15) is 23.7 Å². The van der Waals surface area contributed by atoms with Crippen molar-refractivity contribution in [3.8, 4) is 11.5 Å². The number of urea groups is 1. The molecule has 3 amide bonds. The number of anilines is 1. The number of carbonyl (C=O) groups excluding carboxylic acids is 2. The van der Waals surface area contributed by atoms with Gasteiger partial charge >= 0.3 is 6.03 Å². The summed E-state index contributed by atoms with van der Waals surface area (Å²) in [6.07, 6.45) is 2.13. The van der Waals surface area contributed by atoms with Crippen LogP contribution in [0.25, 0.3) is 0 Å². The molecule has 35 heavy (non-hydrogen) atoms. The third-order valence-electron chi connectivity index (χ3n) is 6.79. The Morgan fingerprint density at radius 1 is 1.00 bits per heavy atom. The number of carbonyl (C=O) groups is 2. The van der Waals surface area contributed by atoms with E-state index in [9.17, 15) is 14.0 Å². The number of aromatic nitrogens is 1. The fourth-order valence-corrected chi connectivity index (χ4v) is 5.14. The van der Waals surface area contributed by atoms with Crippen molar-refractivity contribution in [2.75, 3.05) is 31.2 Å². The standard InChI is InChI=1S/C26H25FN4O4/c27-20-5-2-1-4-19(20)25-21-6-3-9-29(21)10-11-30(25)26(33)28-17-14-24(32)31(16-17)18-7-8-22-23(15-18)35-13-12-34-22/h1-9,15,17,25H,10-14,16H2,(H,28,33)/t17-,25-/m0/s1. The van der Waals surface area contributed by atoms with Crippen molar-refractivity contribution in [2.45, 2.75) is 25.0 Å². The van der Waals surface area contributed by atoms with Crippen LogP contribution >= 0.6 is 0 Å². The molecule has 3 aromatic rings. The number of hydrogen-bond acceptors (Lipinski definition) is 4. The van der Waals surface area contributed by atoms with Crippen molar-refractivity contribution in [3.05, 3.63) is 77.9 Å². The molecule has 3 aliphatic rings. The lowest BCUT2D eigenvalue weighted by Crippen LogP contribution is -2.50. The number of rotatable bonds is 3. The van der Waals surface area contributed by atoms with Gasteiger partial charge in [0.05, 0.1) is 6.04 Å². The molecule has 9 heteroatoms. The number of nitrogens with one attached hydrogen (secondary N) is 1. The number of benzene rings is 2. The number of nitrogens with zero attached hydrogens (tertiary/aromatic N) is 3. The van der Waals surface area contributed by atoms with E-state index in [0.717, 1.165) is 5.69 Å². The van der Waals surface area contributed by atoms with E-state index in [1.165, 1.54) is 6.07 Å². The van der Waals surface area contributed by atoms with Crippen LogP contribution in [0, 0.1) is 5.82 Å². The fourth-order valence-electron chi connectivity index (χ4n) is 5.14. The van der Waals surface area contributed by atoms with Gasteiger partial charge in [0.2, 0.25) is 5.91 Å². The highest BCUT2D eigenvalue weighted by Gasteiger charge is 2.37. The van der Waals surface area contributed by atoms with Gasteiger partial charge in [-0.05, 0) is 30.3 Å². The Balaban J connectivity index is 1.21. The predicted molar refractivity (Wildman–Crippen MR) is 126 cm³/mol. The minimum atomic E-state index is -0.550. The van der Waals surface area contributed by atoms with Crippen molar-refractivity contribution in [1.29, 1.82) is 0 Å². The molecule has 1 aromatic heterocycles. The van der Waals surface area contributed by atoms with Crippen LogP contribution in [-0.4, -0.2) is 53.8 Å². The molecule has 0 unspecified atom stereocenters. The summed E-state index contributed by atoms with van der Waals surface area (Å²) in [4.78, 5) is 29.6. The molecule has 0 radical (unpaired) electrons. The summed E-state index contributed by atoms with van der Waals surface area (Å²) in [5.41, 5.74) is 2.01. The van der Waals surface area contributed by atoms with E-state index in [0.29, 0.717) is 55.6 Å². The number of fused-ring (bicyclic) bond motifs is 2. The van der Waals surface area contributed by atoms with E-state index in [2.05, 4.69) is 5.32 Å². The molecule has 1 saturated heterocycles. The second-order valence-electron chi connectivity index (χ2n) is 8.93. The van der Waals surface area contributed by atoms with Crippen LogP contribution in [0.15, 0.2) is 60.8 Å². The normalized spacial score (nSPS) is 21.1. The lowest BCUT2D eigenvalue weighted by molar-refractivity contribution is -0.117. The molecular formula is C26H25FN4O4. The van der Waals surface area contributed by atoms with Crippen LogP contribution in [0.5, 0.6) is 11.5 Å². The SMILES string of the molecule is O=C1C[C@H](NC(=O)N2CCn3cccc3[C@@H]2c2ccccc2F)CN1c1ccc2c(c1)OCCO2. The summed E-state index contributed by atoms with van der Waals surface area (Å²) < 4.78 is 28.0. The monoisotopic (exact) mass is 476 g/mol. The molecule has 2 atom stereocenters. The molecule has 0 saturated carbocycles. The lowest BCUT2D eigenvalue weighted by Gasteiger charge is -2.38. The average Bonchev–Trinajstić information content (AvgIpc) is 3.50. The highest BCUT2D eigenvalue weighted by atomic mass is 19.1. The molecule has 6 rings (SSSR count). The van der Waals surface area contributed by atoms with Crippen molar-refractivity contribution >= 4 is 17.6 Å². The van der Waals surface area contributed by atoms with Crippen molar-refractivity contribution in [2.24, 2.45) is 0 Å². The molecule has 0 bridgehead atoms. The first-order chi connectivity index (χ1) is 17.1. The molecule has 8 nitrogen and oxygen atoms in total. The zero-order valence-electron chi connectivity index (χ0n) is 19.0. The van der Waals surface area contributed by atoms with Crippen LogP contribution in [-0.2, 0) is 11.3 Å². The first kappa shape index (κ1) is 21.5. The van der Waals surface area contributed by atoms with Gasteiger partial charge < -0.3 is 29.2 Å². The van der Waals surface area contributed by atoms with Crippen molar-refractivity contribution < 1.29 is 23.5 Å². The van der Waals surface area contributed by atoms with Gasteiger partial charge in [-0.15, -0.1) is 0 Å². The molecule has 1 fully saturated rings. The topological polar surface area (TPSA) is 76.0 Å². The second kappa shape index (κ2) is 8.65. The highest BCUT2D eigenvalue weighted by molar-refractivity contribution is 5.97. The van der Waals surface area contributed by atoms with E-state index < -0.39 is 6.04 Å². The third-order valence-corrected chi connectivity index (χ3v) is 6.79. The Bertz CT molecular complexity index is 1290. The quantitative estimate of drug-likeness (QED) is 0.629. The highest BCUT2D eigenvalue weighted by Crippen LogP contribution is 2.36. The van der Waals surface area contributed by atoms with E-state index in [4.69, 9.17) is 9.47 Å². The van der Waals surface area contributed by atoms with Crippen LogP contribution in [0.3, 0.4) is 0 Å². The molecule has 0 spiro atoms. The number of ether oxygens (including phenoxy) is 2. The maximum absolute atomic E-state index is 14.8. The number of halogens is 1. The summed E-state index contributed by atoms with van der Waals surface area (Å²) in [7, 11) is 0. The fraction of sp³-hybridized carbons (Fsp3) is 0.308. The van der Waals surface area contributed by atoms with Crippen LogP contribution < -0.4 is 19.7 Å². The van der Waals surface area contributed by atoms with Gasteiger partial charge in [-0.25, -0.2) is 9.18 Å². The van der Waals surface area contributed by atoms with Gasteiger partial charge in [0.15, 0.2) is 11.5 Å². The van der Waals surface area contributed by atoms with Gasteiger partial charge in [0, 0.05) is 55.3 Å². The zero-order valence-corrected chi connectivity index (χ0v) is 19.0. The molecular weight excluding hydrogens is 451 g/mol. The average molecular weight is 477 g/mol. The summed E-state index contributed by atoms with van der Waals surface area (Å²) in [6, 6.07) is 14.6. The molecule has 3 aliphatic heterocycles. The Labute approximate surface area is 201 Å². The Hall–Kier alpha value is -4.01. The van der Waals surface area contributed by atoms with E-state index >= 15 is 0 Å². The summed E-state index contributed by atoms with van der Waals surface area (Å²) >= 11 is 0. The van der Waals surface area contributed by atoms with Crippen molar-refractivity contribution in [1.82, 2.24) is 14.8 Å². The Kier molecular flexibility index (Phi) is 5.32. The lowest BCUT2D eigenvalue weighted by atomic mass is 9.99. The van der Waals surface area contributed by atoms with Gasteiger partial charge in [-0.2, -0.15) is 0 Å². The Morgan fingerprint density at radius 2 is 1.83 bits per heavy atom. The first-order valence-electron chi connectivity index (χ1n) is 11.7. The minimum Gasteiger partial charge on any atom is -0.486 e. The van der Waals surface area contributed by atoms with E-state index in [1.807, 2.05) is 29.0 Å². The molecule has 4 heterocycles. The largest absolute Gasteiger partial charge is 0.486 e. The van der Waals surface area contributed by atoms with E-state index in [-0.39, 0.29) is 30.2 Å². The number of amides is 3. The second-order valence-corrected chi connectivity index (χ2v) is 8.93. The van der Waals surface area contributed by atoms with Gasteiger partial charge in [0.25, 0.3) is 0 Å². The molecule has 1 N–H and O–H groups in total. The summed E-state index contributed by atoms with van der Waals surface area (Å²) in [5.74, 6) is 0.833. The zero-order chi connectivity index (χ0) is 23.9. The Morgan fingerprint density at radius 3 is 2.69 bits per heavy atom. The maximum Gasteiger partial charge on any atom is 0.318 e. The van der Waals surface area contributed by atoms with E-state index in [1.54, 1.807) is 40.1 Å². The number of hydrogen-bond donors (Lipinski definition) is 1. The molecule has 2 aromatic carbocycles. The van der Waals surface area contributed by atoms with Gasteiger partial charge in [0.1, 0.15) is 25.1 Å². The summed E-state index contributed by atoms with van der Waals surface area (Å²) in [5, 5.41) is 3.02. The van der Waals surface area contributed by atoms with Gasteiger partial charge in [-0.1, -0.05) is 18.2 Å². The summed E-state index contributed by atoms with van der Waals surface area (Å²) in [6.45, 7) is 2.36. The van der Waals surface area contributed by atoms with Gasteiger partial charge in [-0.3, -0.25) is 4.79 Å². The van der Waals surface area contributed by atoms with Crippen LogP contribution in [0.2, 0.25) is 0 Å². The molecule has 0 aliphatic carbocycles. The minimum absolute atomic E-state index is 0.0786. The molecule has 180 valence electrons. The van der Waals surface area contributed by atoms with Crippen LogP contribution in [0.4, 0.5) is 14.9 Å². The first-order valence-corrected chi connectivity index (χ1v) is 11.7. The smallest absolute Gasteiger partial charge is 0.318 e. The van der Waals surface area contributed by atoms with Crippen molar-refractivity contribution in [3.63, 3.8) is 0 Å². The third kappa shape index (κ3) is 3.86. The maximum atomic E-state index is 14.8. The predicted octanol–water partition coefficient (Wildman–Crippen LogP) is 3.32.